The Morgan fingerprint density at radius 1 is 1.25 bits per heavy atom. The van der Waals surface area contributed by atoms with E-state index in [1.807, 2.05) is 12.1 Å². The zero-order valence-corrected chi connectivity index (χ0v) is 12.2. The average Bonchev–Trinajstić information content (AvgIpc) is 2.45. The van der Waals surface area contributed by atoms with Crippen molar-refractivity contribution in [1.82, 2.24) is 0 Å². The van der Waals surface area contributed by atoms with Gasteiger partial charge in [0.15, 0.2) is 0 Å². The molecule has 0 amide bonds. The molecule has 2 unspecified atom stereocenters. The fourth-order valence-corrected chi connectivity index (χ4v) is 4.44. The first-order valence-corrected chi connectivity index (χ1v) is 7.69. The summed E-state index contributed by atoms with van der Waals surface area (Å²) in [7, 11) is 0. The van der Waals surface area contributed by atoms with Crippen LogP contribution in [0.2, 0.25) is 0 Å². The van der Waals surface area contributed by atoms with Gasteiger partial charge in [-0.05, 0) is 73.6 Å². The third-order valence-corrected chi connectivity index (χ3v) is 6.08. The monoisotopic (exact) mass is 274 g/mol. The Labute approximate surface area is 119 Å². The molecule has 1 N–H and O–H groups in total. The largest absolute Gasteiger partial charge is 0.508 e. The minimum Gasteiger partial charge on any atom is -0.508 e. The van der Waals surface area contributed by atoms with Gasteiger partial charge in [-0.2, -0.15) is 0 Å². The van der Waals surface area contributed by atoms with E-state index in [0.29, 0.717) is 17.1 Å². The fourth-order valence-electron chi connectivity index (χ4n) is 4.44. The van der Waals surface area contributed by atoms with Gasteiger partial charge in [0.05, 0.1) is 0 Å². The van der Waals surface area contributed by atoms with Crippen LogP contribution in [-0.2, 0) is 16.2 Å². The van der Waals surface area contributed by atoms with E-state index in [4.69, 9.17) is 9.78 Å². The molecule has 2 fully saturated rings. The van der Waals surface area contributed by atoms with Crippen LogP contribution in [0, 0.1) is 5.41 Å². The molecule has 108 valence electrons. The van der Waals surface area contributed by atoms with Gasteiger partial charge >= 0.3 is 0 Å². The zero-order valence-electron chi connectivity index (χ0n) is 12.2. The van der Waals surface area contributed by atoms with Gasteiger partial charge in [0.25, 0.3) is 0 Å². The number of benzene rings is 1. The molecule has 0 bridgehead atoms. The SMILES string of the molecule is CC1OOC12CC[C@@]1(C)CCc3cc(O)ccc3[C@H]1C2. The first-order valence-electron chi connectivity index (χ1n) is 7.69. The average molecular weight is 274 g/mol. The van der Waals surface area contributed by atoms with Crippen molar-refractivity contribution in [2.75, 3.05) is 0 Å². The van der Waals surface area contributed by atoms with Gasteiger partial charge < -0.3 is 5.11 Å². The fraction of sp³-hybridized carbons (Fsp3) is 0.647. The van der Waals surface area contributed by atoms with Gasteiger partial charge in [-0.15, -0.1) is 0 Å². The lowest BCUT2D eigenvalue weighted by molar-refractivity contribution is -0.514. The van der Waals surface area contributed by atoms with Gasteiger partial charge in [0.2, 0.25) is 0 Å². The number of phenolic OH excluding ortho intramolecular Hbond substituents is 1. The topological polar surface area (TPSA) is 38.7 Å². The first kappa shape index (κ1) is 12.7. The van der Waals surface area contributed by atoms with Crippen molar-refractivity contribution in [2.24, 2.45) is 5.41 Å². The highest BCUT2D eigenvalue weighted by Gasteiger charge is 2.57. The predicted octanol–water partition coefficient (Wildman–Crippen LogP) is 3.70. The molecule has 1 aliphatic heterocycles. The van der Waals surface area contributed by atoms with Crippen LogP contribution >= 0.6 is 0 Å². The van der Waals surface area contributed by atoms with Crippen molar-refractivity contribution in [1.29, 1.82) is 0 Å². The number of fused-ring (bicyclic) bond motifs is 3. The Morgan fingerprint density at radius 2 is 2.10 bits per heavy atom. The molecule has 3 aliphatic rings. The van der Waals surface area contributed by atoms with E-state index < -0.39 is 0 Å². The summed E-state index contributed by atoms with van der Waals surface area (Å²) in [6, 6.07) is 5.89. The second-order valence-corrected chi connectivity index (χ2v) is 7.18. The minimum absolute atomic E-state index is 0.0727. The summed E-state index contributed by atoms with van der Waals surface area (Å²) >= 11 is 0. The van der Waals surface area contributed by atoms with E-state index in [1.165, 1.54) is 24.0 Å². The summed E-state index contributed by atoms with van der Waals surface area (Å²) in [4.78, 5) is 10.8. The molecule has 0 aromatic heterocycles. The molecule has 4 atom stereocenters. The lowest BCUT2D eigenvalue weighted by Crippen LogP contribution is -2.59. The maximum atomic E-state index is 9.71. The standard InChI is InChI=1S/C17H22O3/c1-11-17(20-19-11)8-7-16(2)6-5-12-9-13(18)3-4-14(12)15(16)10-17/h3-4,9,11,15,18H,5-8,10H2,1-2H3/t11?,15-,16-,17?/m1/s1. The van der Waals surface area contributed by atoms with E-state index in [1.54, 1.807) is 0 Å². The van der Waals surface area contributed by atoms with Crippen molar-refractivity contribution in [3.8, 4) is 5.75 Å². The predicted molar refractivity (Wildman–Crippen MR) is 75.5 cm³/mol. The molecule has 0 radical (unpaired) electrons. The number of hydrogen-bond donors (Lipinski definition) is 1. The summed E-state index contributed by atoms with van der Waals surface area (Å²) in [5.74, 6) is 0.904. The van der Waals surface area contributed by atoms with Crippen LogP contribution in [0.4, 0.5) is 0 Å². The molecule has 3 nitrogen and oxygen atoms in total. The zero-order chi connectivity index (χ0) is 14.0. The van der Waals surface area contributed by atoms with Crippen LogP contribution in [-0.4, -0.2) is 16.8 Å². The number of rotatable bonds is 0. The Bertz CT molecular complexity index is 555. The number of phenols is 1. The van der Waals surface area contributed by atoms with Gasteiger partial charge in [-0.1, -0.05) is 13.0 Å². The molecule has 1 saturated carbocycles. The van der Waals surface area contributed by atoms with Crippen LogP contribution in [0.3, 0.4) is 0 Å². The molecule has 3 heteroatoms. The first-order chi connectivity index (χ1) is 9.52. The lowest BCUT2D eigenvalue weighted by atomic mass is 9.55. The van der Waals surface area contributed by atoms with E-state index in [2.05, 4.69) is 19.9 Å². The Balaban J connectivity index is 1.74. The van der Waals surface area contributed by atoms with Crippen molar-refractivity contribution < 1.29 is 14.9 Å². The van der Waals surface area contributed by atoms with Gasteiger partial charge in [0, 0.05) is 0 Å². The van der Waals surface area contributed by atoms with Gasteiger partial charge in [-0.25, -0.2) is 9.78 Å². The minimum atomic E-state index is -0.0727. The Morgan fingerprint density at radius 3 is 2.80 bits per heavy atom. The molecule has 1 spiro atoms. The molecule has 1 aromatic carbocycles. The second kappa shape index (κ2) is 3.99. The van der Waals surface area contributed by atoms with Crippen LogP contribution in [0.5, 0.6) is 5.75 Å². The smallest absolute Gasteiger partial charge is 0.133 e. The Kier molecular flexibility index (Phi) is 2.52. The van der Waals surface area contributed by atoms with Crippen molar-refractivity contribution >= 4 is 0 Å². The molecule has 1 heterocycles. The third kappa shape index (κ3) is 1.60. The van der Waals surface area contributed by atoms with E-state index in [-0.39, 0.29) is 11.7 Å². The molecule has 1 aromatic rings. The van der Waals surface area contributed by atoms with Crippen LogP contribution in [0.1, 0.15) is 56.6 Å². The maximum absolute atomic E-state index is 9.71. The highest BCUT2D eigenvalue weighted by atomic mass is 17.3. The second-order valence-electron chi connectivity index (χ2n) is 7.18. The number of aryl methyl sites for hydroxylation is 1. The summed E-state index contributed by atoms with van der Waals surface area (Å²) in [6.07, 6.45) is 5.84. The van der Waals surface area contributed by atoms with Crippen molar-refractivity contribution in [3.63, 3.8) is 0 Å². The van der Waals surface area contributed by atoms with E-state index in [9.17, 15) is 5.11 Å². The summed E-state index contributed by atoms with van der Waals surface area (Å²) in [5, 5.41) is 9.71. The van der Waals surface area contributed by atoms with E-state index in [0.717, 1.165) is 19.3 Å². The molecular weight excluding hydrogens is 252 g/mol. The number of aromatic hydroxyl groups is 1. The molecular formula is C17H22O3. The molecule has 1 saturated heterocycles. The van der Waals surface area contributed by atoms with Gasteiger partial charge in [-0.3, -0.25) is 0 Å². The van der Waals surface area contributed by atoms with Gasteiger partial charge in [0.1, 0.15) is 17.5 Å². The normalized spacial score (nSPS) is 42.7. The van der Waals surface area contributed by atoms with Crippen molar-refractivity contribution in [3.05, 3.63) is 29.3 Å². The molecule has 20 heavy (non-hydrogen) atoms. The molecule has 4 rings (SSSR count). The third-order valence-electron chi connectivity index (χ3n) is 6.08. The number of hydrogen-bond acceptors (Lipinski definition) is 3. The van der Waals surface area contributed by atoms with Crippen molar-refractivity contribution in [2.45, 2.75) is 63.6 Å². The van der Waals surface area contributed by atoms with Crippen LogP contribution in [0.15, 0.2) is 18.2 Å². The maximum Gasteiger partial charge on any atom is 0.133 e. The Hall–Kier alpha value is -1.06. The van der Waals surface area contributed by atoms with Crippen LogP contribution < -0.4 is 0 Å². The summed E-state index contributed by atoms with van der Waals surface area (Å²) < 4.78 is 0. The van der Waals surface area contributed by atoms with Crippen LogP contribution in [0.25, 0.3) is 0 Å². The quantitative estimate of drug-likeness (QED) is 0.733. The summed E-state index contributed by atoms with van der Waals surface area (Å²) in [5.41, 5.74) is 3.03. The lowest BCUT2D eigenvalue weighted by Gasteiger charge is -2.56. The van der Waals surface area contributed by atoms with E-state index >= 15 is 0 Å². The highest BCUT2D eigenvalue weighted by Crippen LogP contribution is 2.59. The molecule has 2 aliphatic carbocycles. The highest BCUT2D eigenvalue weighted by molar-refractivity contribution is 5.41. The summed E-state index contributed by atoms with van der Waals surface area (Å²) in [6.45, 7) is 4.54.